The summed E-state index contributed by atoms with van der Waals surface area (Å²) < 4.78 is 32.5. The van der Waals surface area contributed by atoms with Crippen LogP contribution in [-0.4, -0.2) is 38.4 Å². The van der Waals surface area contributed by atoms with Gasteiger partial charge in [0.25, 0.3) is 11.8 Å². The fourth-order valence-electron chi connectivity index (χ4n) is 4.58. The second-order valence-electron chi connectivity index (χ2n) is 9.14. The van der Waals surface area contributed by atoms with Crippen molar-refractivity contribution in [2.24, 2.45) is 11.3 Å². The molecule has 2 aliphatic carbocycles. The summed E-state index contributed by atoms with van der Waals surface area (Å²) in [5.41, 5.74) is -0.995. The lowest BCUT2D eigenvalue weighted by atomic mass is 9.87. The van der Waals surface area contributed by atoms with Crippen LogP contribution in [0.25, 0.3) is 5.82 Å². The summed E-state index contributed by atoms with van der Waals surface area (Å²) in [4.78, 5) is 17.1. The Bertz CT molecular complexity index is 985. The van der Waals surface area contributed by atoms with Gasteiger partial charge in [-0.2, -0.15) is 9.83 Å². The van der Waals surface area contributed by atoms with E-state index in [0.29, 0.717) is 24.0 Å². The molecule has 2 N–H and O–H groups in total. The lowest BCUT2D eigenvalue weighted by molar-refractivity contribution is -0.605. The number of aliphatic hydroxyl groups excluding tert-OH is 1. The quantitative estimate of drug-likeness (QED) is 0.580. The van der Waals surface area contributed by atoms with Gasteiger partial charge in [0.05, 0.1) is 30.1 Å². The van der Waals surface area contributed by atoms with Crippen LogP contribution in [0.5, 0.6) is 0 Å². The normalized spacial score (nSPS) is 23.1. The van der Waals surface area contributed by atoms with E-state index in [1.807, 2.05) is 20.8 Å². The highest BCUT2D eigenvalue weighted by atomic mass is 19.3. The molecule has 0 spiro atoms. The predicted octanol–water partition coefficient (Wildman–Crippen LogP) is 2.03. The lowest BCUT2D eigenvalue weighted by Gasteiger charge is -2.29. The Morgan fingerprint density at radius 3 is 2.83 bits per heavy atom. The SMILES string of the molecule is CC(C)(C)[C@@H](CO)NC(=O)c1nn(-c2c[n+]([O-])ccn2)c2c1C(F)(F)[C@@H]1CCC[C@H]21. The largest absolute Gasteiger partial charge is 0.619 e. The van der Waals surface area contributed by atoms with Gasteiger partial charge in [0.1, 0.15) is 0 Å². The van der Waals surface area contributed by atoms with E-state index in [1.54, 1.807) is 0 Å². The number of rotatable bonds is 4. The fourth-order valence-corrected chi connectivity index (χ4v) is 4.58. The Morgan fingerprint density at radius 1 is 1.47 bits per heavy atom. The van der Waals surface area contributed by atoms with E-state index in [9.17, 15) is 15.1 Å². The monoisotopic (exact) mass is 421 g/mol. The van der Waals surface area contributed by atoms with Crippen molar-refractivity contribution in [3.05, 3.63) is 40.7 Å². The van der Waals surface area contributed by atoms with E-state index in [-0.39, 0.29) is 29.4 Å². The number of aromatic nitrogens is 4. The third-order valence-electron chi connectivity index (χ3n) is 6.22. The Kier molecular flexibility index (Phi) is 4.80. The molecule has 2 heterocycles. The minimum Gasteiger partial charge on any atom is -0.619 e. The molecule has 1 amide bonds. The number of carbonyl (C=O) groups is 1. The molecule has 162 valence electrons. The predicted molar refractivity (Wildman–Crippen MR) is 102 cm³/mol. The number of fused-ring (bicyclic) bond motifs is 3. The molecule has 2 aromatic rings. The molecule has 0 aromatic carbocycles. The highest BCUT2D eigenvalue weighted by molar-refractivity contribution is 5.95. The smallest absolute Gasteiger partial charge is 0.280 e. The van der Waals surface area contributed by atoms with E-state index in [2.05, 4.69) is 15.4 Å². The number of amides is 1. The Hall–Kier alpha value is -2.62. The van der Waals surface area contributed by atoms with Crippen molar-refractivity contribution >= 4 is 5.91 Å². The molecule has 2 aromatic heterocycles. The van der Waals surface area contributed by atoms with Crippen LogP contribution in [0.2, 0.25) is 0 Å². The van der Waals surface area contributed by atoms with Crippen LogP contribution in [0.1, 0.15) is 67.7 Å². The maximum absolute atomic E-state index is 15.4. The van der Waals surface area contributed by atoms with Gasteiger partial charge in [0, 0.05) is 11.8 Å². The molecule has 4 rings (SSSR count). The zero-order chi connectivity index (χ0) is 21.8. The summed E-state index contributed by atoms with van der Waals surface area (Å²) in [6, 6.07) is -0.640. The van der Waals surface area contributed by atoms with Crippen LogP contribution in [-0.2, 0) is 5.92 Å². The lowest BCUT2D eigenvalue weighted by Crippen LogP contribution is -2.46. The number of nitrogens with zero attached hydrogens (tertiary/aromatic N) is 4. The van der Waals surface area contributed by atoms with Crippen LogP contribution in [0, 0.1) is 16.5 Å². The fraction of sp³-hybridized carbons (Fsp3) is 0.600. The summed E-state index contributed by atoms with van der Waals surface area (Å²) in [5, 5.41) is 28.2. The number of hydrogen-bond donors (Lipinski definition) is 2. The van der Waals surface area contributed by atoms with Gasteiger partial charge in [0.2, 0.25) is 12.0 Å². The first-order chi connectivity index (χ1) is 14.1. The molecule has 8 nitrogen and oxygen atoms in total. The molecule has 30 heavy (non-hydrogen) atoms. The first-order valence-corrected chi connectivity index (χ1v) is 10.0. The van der Waals surface area contributed by atoms with Gasteiger partial charge >= 0.3 is 0 Å². The number of aliphatic hydroxyl groups is 1. The average Bonchev–Trinajstić information content (AvgIpc) is 3.33. The molecule has 2 aliphatic rings. The molecular weight excluding hydrogens is 396 g/mol. The van der Waals surface area contributed by atoms with Gasteiger partial charge in [-0.05, 0) is 18.3 Å². The topological polar surface area (TPSA) is 107 Å². The first-order valence-electron chi connectivity index (χ1n) is 10.0. The molecule has 1 fully saturated rings. The van der Waals surface area contributed by atoms with Crippen LogP contribution >= 0.6 is 0 Å². The van der Waals surface area contributed by atoms with E-state index in [4.69, 9.17) is 0 Å². The summed E-state index contributed by atoms with van der Waals surface area (Å²) in [6.45, 7) is 5.15. The maximum Gasteiger partial charge on any atom is 0.280 e. The number of carbonyl (C=O) groups excluding carboxylic acids is 1. The van der Waals surface area contributed by atoms with Gasteiger partial charge in [-0.15, -0.1) is 0 Å². The highest BCUT2D eigenvalue weighted by Crippen LogP contribution is 2.60. The van der Waals surface area contributed by atoms with Crippen LogP contribution in [0.4, 0.5) is 8.78 Å². The molecule has 0 bridgehead atoms. The number of halogens is 2. The van der Waals surface area contributed by atoms with Crippen LogP contribution in [0.15, 0.2) is 18.6 Å². The van der Waals surface area contributed by atoms with Gasteiger partial charge in [0.15, 0.2) is 11.9 Å². The Labute approximate surface area is 172 Å². The van der Waals surface area contributed by atoms with Gasteiger partial charge in [-0.25, -0.2) is 18.4 Å². The molecule has 0 saturated heterocycles. The number of alkyl halides is 2. The van der Waals surface area contributed by atoms with Crippen molar-refractivity contribution in [3.63, 3.8) is 0 Å². The van der Waals surface area contributed by atoms with Crippen molar-refractivity contribution in [1.29, 1.82) is 0 Å². The maximum atomic E-state index is 15.4. The molecule has 3 atom stereocenters. The van der Waals surface area contributed by atoms with E-state index in [0.717, 1.165) is 6.20 Å². The van der Waals surface area contributed by atoms with Crippen LogP contribution < -0.4 is 10.0 Å². The zero-order valence-corrected chi connectivity index (χ0v) is 17.1. The first kappa shape index (κ1) is 20.6. The van der Waals surface area contributed by atoms with Crippen molar-refractivity contribution in [1.82, 2.24) is 20.1 Å². The minimum absolute atomic E-state index is 0.0840. The van der Waals surface area contributed by atoms with Crippen molar-refractivity contribution in [2.75, 3.05) is 6.61 Å². The third-order valence-corrected chi connectivity index (χ3v) is 6.22. The Balaban J connectivity index is 1.85. The van der Waals surface area contributed by atoms with Crippen molar-refractivity contribution < 1.29 is 23.4 Å². The van der Waals surface area contributed by atoms with Crippen molar-refractivity contribution in [2.45, 2.75) is 57.9 Å². The van der Waals surface area contributed by atoms with Gasteiger partial charge < -0.3 is 15.6 Å². The summed E-state index contributed by atoms with van der Waals surface area (Å²) in [5.74, 6) is -5.25. The molecule has 0 aliphatic heterocycles. The second-order valence-corrected chi connectivity index (χ2v) is 9.14. The minimum atomic E-state index is -3.21. The summed E-state index contributed by atoms with van der Waals surface area (Å²) in [7, 11) is 0. The summed E-state index contributed by atoms with van der Waals surface area (Å²) in [6.07, 6.45) is 5.17. The average molecular weight is 421 g/mol. The molecular formula is C20H25F2N5O3. The zero-order valence-electron chi connectivity index (χ0n) is 17.1. The molecule has 1 saturated carbocycles. The third kappa shape index (κ3) is 3.13. The standard InChI is InChI=1S/C20H25F2N5O3/c1-19(2,3)13(10-28)24-18(29)16-15-17(11-5-4-6-12(11)20(15,21)22)27(25-16)14-9-26(30)8-7-23-14/h7-9,11-13,28H,4-6,10H2,1-3H3,(H,24,29)/t11-,12+,13+/m0/s1. The Morgan fingerprint density at radius 2 is 2.20 bits per heavy atom. The van der Waals surface area contributed by atoms with Gasteiger partial charge in [-0.3, -0.25) is 4.79 Å². The summed E-state index contributed by atoms with van der Waals surface area (Å²) >= 11 is 0. The van der Waals surface area contributed by atoms with E-state index >= 15 is 8.78 Å². The molecule has 10 heteroatoms. The van der Waals surface area contributed by atoms with E-state index in [1.165, 1.54) is 17.1 Å². The van der Waals surface area contributed by atoms with Gasteiger partial charge in [-0.1, -0.05) is 27.2 Å². The number of nitrogens with one attached hydrogen (secondary N) is 1. The van der Waals surface area contributed by atoms with Crippen molar-refractivity contribution in [3.8, 4) is 5.82 Å². The molecule has 0 unspecified atom stereocenters. The molecule has 0 radical (unpaired) electrons. The second kappa shape index (κ2) is 6.97. The highest BCUT2D eigenvalue weighted by Gasteiger charge is 2.60. The van der Waals surface area contributed by atoms with Crippen LogP contribution in [0.3, 0.4) is 0 Å². The van der Waals surface area contributed by atoms with E-state index < -0.39 is 35.1 Å². The number of hydrogen-bond acceptors (Lipinski definition) is 5.